The number of nitrogens with zero attached hydrogens (tertiary/aromatic N) is 1. The van der Waals surface area contributed by atoms with Crippen molar-refractivity contribution in [3.63, 3.8) is 0 Å². The molecule has 0 unspecified atom stereocenters. The Morgan fingerprint density at radius 1 is 1.04 bits per heavy atom. The summed E-state index contributed by atoms with van der Waals surface area (Å²) < 4.78 is 5.12. The van der Waals surface area contributed by atoms with Gasteiger partial charge in [-0.2, -0.15) is 0 Å². The minimum Gasteiger partial charge on any atom is -0.426 e. The standard InChI is InChI=1S/C20H15NO5/c1-9-6-13-18(14(23)7-9)17-12(8-21-13)19(24)11-4-3-5-15(26-10(2)22)16(11)20(17)25/h3-5,8-9H,6-7H2,1-2H3/t9-/m1/s1. The van der Waals surface area contributed by atoms with E-state index in [-0.39, 0.29) is 45.3 Å². The number of fused-ring (bicyclic) bond motifs is 4. The SMILES string of the molecule is CC(=O)Oc1cccc2c1C(=O)c1c(cnc3c1C(=O)C[C@H](C)C3)C2=O. The van der Waals surface area contributed by atoms with Crippen molar-refractivity contribution in [2.75, 3.05) is 0 Å². The summed E-state index contributed by atoms with van der Waals surface area (Å²) in [5.41, 5.74) is 1.18. The second-order valence-corrected chi connectivity index (χ2v) is 6.74. The lowest BCUT2D eigenvalue weighted by Crippen LogP contribution is -2.29. The van der Waals surface area contributed by atoms with Gasteiger partial charge in [0.15, 0.2) is 17.3 Å². The number of rotatable bonds is 1. The molecule has 0 amide bonds. The average molecular weight is 349 g/mol. The lowest BCUT2D eigenvalue weighted by atomic mass is 9.77. The van der Waals surface area contributed by atoms with Crippen molar-refractivity contribution in [3.8, 4) is 5.75 Å². The first kappa shape index (κ1) is 16.3. The molecule has 0 bridgehead atoms. The molecule has 0 spiro atoms. The van der Waals surface area contributed by atoms with E-state index in [4.69, 9.17) is 4.74 Å². The molecule has 1 aromatic heterocycles. The highest BCUT2D eigenvalue weighted by molar-refractivity contribution is 6.32. The topological polar surface area (TPSA) is 90.4 Å². The van der Waals surface area contributed by atoms with Crippen molar-refractivity contribution >= 4 is 23.3 Å². The fourth-order valence-electron chi connectivity index (χ4n) is 3.70. The average Bonchev–Trinajstić information content (AvgIpc) is 2.58. The van der Waals surface area contributed by atoms with Crippen LogP contribution in [0.5, 0.6) is 5.75 Å². The summed E-state index contributed by atoms with van der Waals surface area (Å²) in [7, 11) is 0. The van der Waals surface area contributed by atoms with Crippen LogP contribution >= 0.6 is 0 Å². The highest BCUT2D eigenvalue weighted by atomic mass is 16.5. The molecular formula is C20H15NO5. The number of benzene rings is 1. The number of carbonyl (C=O) groups excluding carboxylic acids is 4. The molecule has 6 heteroatoms. The van der Waals surface area contributed by atoms with Crippen molar-refractivity contribution in [1.29, 1.82) is 0 Å². The number of carbonyl (C=O) groups is 4. The first-order valence-electron chi connectivity index (χ1n) is 8.34. The molecule has 2 aliphatic rings. The molecular weight excluding hydrogens is 334 g/mol. The first-order valence-corrected chi connectivity index (χ1v) is 8.34. The Balaban J connectivity index is 1.98. The van der Waals surface area contributed by atoms with Gasteiger partial charge in [-0.1, -0.05) is 19.1 Å². The second kappa shape index (κ2) is 5.69. The lowest BCUT2D eigenvalue weighted by Gasteiger charge is -2.26. The molecule has 0 N–H and O–H groups in total. The molecule has 4 rings (SSSR count). The molecule has 130 valence electrons. The largest absolute Gasteiger partial charge is 0.426 e. The van der Waals surface area contributed by atoms with E-state index < -0.39 is 17.5 Å². The third-order valence-electron chi connectivity index (χ3n) is 4.74. The number of pyridine rings is 1. The van der Waals surface area contributed by atoms with Crippen LogP contribution in [0.4, 0.5) is 0 Å². The molecule has 2 aromatic rings. The number of Topliss-reactive ketones (excluding diaryl/α,β-unsaturated/α-hetero) is 1. The fraction of sp³-hybridized carbons (Fsp3) is 0.250. The summed E-state index contributed by atoms with van der Waals surface area (Å²) in [6.07, 6.45) is 2.26. The normalized spacial score (nSPS) is 18.1. The molecule has 6 nitrogen and oxygen atoms in total. The Labute approximate surface area is 149 Å². The minimum atomic E-state index is -0.592. The maximum atomic E-state index is 13.2. The highest BCUT2D eigenvalue weighted by Crippen LogP contribution is 2.37. The van der Waals surface area contributed by atoms with Gasteiger partial charge in [0, 0.05) is 30.7 Å². The second-order valence-electron chi connectivity index (χ2n) is 6.74. The van der Waals surface area contributed by atoms with Gasteiger partial charge in [0.05, 0.1) is 22.4 Å². The molecule has 1 atom stereocenters. The van der Waals surface area contributed by atoms with E-state index in [9.17, 15) is 19.2 Å². The zero-order chi connectivity index (χ0) is 18.6. The molecule has 0 radical (unpaired) electrons. The Kier molecular flexibility index (Phi) is 3.57. The van der Waals surface area contributed by atoms with Gasteiger partial charge in [-0.15, -0.1) is 0 Å². The summed E-state index contributed by atoms with van der Waals surface area (Å²) in [5, 5.41) is 0. The van der Waals surface area contributed by atoms with Crippen LogP contribution in [0.1, 0.15) is 68.2 Å². The number of hydrogen-bond donors (Lipinski definition) is 0. The van der Waals surface area contributed by atoms with Crippen LogP contribution in [0, 0.1) is 5.92 Å². The summed E-state index contributed by atoms with van der Waals surface area (Å²) in [6.45, 7) is 3.17. The summed E-state index contributed by atoms with van der Waals surface area (Å²) in [5.74, 6) is -1.48. The Hall–Kier alpha value is -3.15. The van der Waals surface area contributed by atoms with Crippen LogP contribution in [0.25, 0.3) is 0 Å². The Morgan fingerprint density at radius 2 is 1.81 bits per heavy atom. The van der Waals surface area contributed by atoms with Crippen molar-refractivity contribution in [2.24, 2.45) is 5.92 Å². The van der Waals surface area contributed by atoms with Crippen LogP contribution in [0.15, 0.2) is 24.4 Å². The number of aromatic nitrogens is 1. The quantitative estimate of drug-likeness (QED) is 0.495. The maximum absolute atomic E-state index is 13.2. The van der Waals surface area contributed by atoms with E-state index >= 15 is 0 Å². The van der Waals surface area contributed by atoms with Gasteiger partial charge in [-0.05, 0) is 18.4 Å². The van der Waals surface area contributed by atoms with E-state index in [2.05, 4.69) is 4.98 Å². The van der Waals surface area contributed by atoms with Gasteiger partial charge >= 0.3 is 5.97 Å². The highest BCUT2D eigenvalue weighted by Gasteiger charge is 2.39. The maximum Gasteiger partial charge on any atom is 0.308 e. The zero-order valence-electron chi connectivity index (χ0n) is 14.3. The molecule has 0 saturated carbocycles. The third-order valence-corrected chi connectivity index (χ3v) is 4.74. The number of ketones is 3. The Morgan fingerprint density at radius 3 is 2.54 bits per heavy atom. The lowest BCUT2D eigenvalue weighted by molar-refractivity contribution is -0.131. The summed E-state index contributed by atoms with van der Waals surface area (Å²) >= 11 is 0. The zero-order valence-corrected chi connectivity index (χ0v) is 14.3. The number of hydrogen-bond acceptors (Lipinski definition) is 6. The van der Waals surface area contributed by atoms with Gasteiger partial charge < -0.3 is 4.74 Å². The molecule has 0 aliphatic heterocycles. The number of esters is 1. The molecule has 2 aliphatic carbocycles. The summed E-state index contributed by atoms with van der Waals surface area (Å²) in [4.78, 5) is 54.4. The van der Waals surface area contributed by atoms with Gasteiger partial charge in [-0.3, -0.25) is 24.2 Å². The smallest absolute Gasteiger partial charge is 0.308 e. The fourth-order valence-corrected chi connectivity index (χ4v) is 3.70. The van der Waals surface area contributed by atoms with Crippen molar-refractivity contribution < 1.29 is 23.9 Å². The first-order chi connectivity index (χ1) is 12.4. The molecule has 0 saturated heterocycles. The molecule has 26 heavy (non-hydrogen) atoms. The van der Waals surface area contributed by atoms with Crippen molar-refractivity contribution in [2.45, 2.75) is 26.7 Å². The van der Waals surface area contributed by atoms with Gasteiger partial charge in [0.1, 0.15) is 5.75 Å². The van der Waals surface area contributed by atoms with Gasteiger partial charge in [0.25, 0.3) is 0 Å². The van der Waals surface area contributed by atoms with Crippen LogP contribution < -0.4 is 4.74 Å². The van der Waals surface area contributed by atoms with E-state index in [0.717, 1.165) is 0 Å². The Bertz CT molecular complexity index is 1020. The van der Waals surface area contributed by atoms with E-state index in [1.54, 1.807) is 6.07 Å². The van der Waals surface area contributed by atoms with Crippen LogP contribution in [0.2, 0.25) is 0 Å². The molecule has 0 fully saturated rings. The van der Waals surface area contributed by atoms with Gasteiger partial charge in [0.2, 0.25) is 0 Å². The van der Waals surface area contributed by atoms with Crippen molar-refractivity contribution in [3.05, 3.63) is 57.9 Å². The van der Waals surface area contributed by atoms with Crippen molar-refractivity contribution in [1.82, 2.24) is 4.98 Å². The minimum absolute atomic E-state index is 0.0278. The van der Waals surface area contributed by atoms with Crippen LogP contribution in [0.3, 0.4) is 0 Å². The van der Waals surface area contributed by atoms with Crippen LogP contribution in [-0.2, 0) is 11.2 Å². The van der Waals surface area contributed by atoms with E-state index in [1.165, 1.54) is 25.3 Å². The number of ether oxygens (including phenoxy) is 1. The van der Waals surface area contributed by atoms with E-state index in [0.29, 0.717) is 18.5 Å². The summed E-state index contributed by atoms with van der Waals surface area (Å²) in [6, 6.07) is 4.52. The molecule has 1 aromatic carbocycles. The predicted molar refractivity (Wildman–Crippen MR) is 90.7 cm³/mol. The molecule has 1 heterocycles. The van der Waals surface area contributed by atoms with Gasteiger partial charge in [-0.25, -0.2) is 0 Å². The monoisotopic (exact) mass is 349 g/mol. The van der Waals surface area contributed by atoms with E-state index in [1.807, 2.05) is 6.92 Å². The predicted octanol–water partition coefficient (Wildman–Crippen LogP) is 2.55. The van der Waals surface area contributed by atoms with Crippen LogP contribution in [-0.4, -0.2) is 28.3 Å². The third kappa shape index (κ3) is 2.29.